The Balaban J connectivity index is 1.81. The van der Waals surface area contributed by atoms with Crippen molar-refractivity contribution in [1.82, 2.24) is 10.0 Å². The summed E-state index contributed by atoms with van der Waals surface area (Å²) in [5.41, 5.74) is -0.707. The van der Waals surface area contributed by atoms with Crippen LogP contribution >= 0.6 is 11.9 Å². The van der Waals surface area contributed by atoms with E-state index in [4.69, 9.17) is 0 Å². The lowest BCUT2D eigenvalue weighted by atomic mass is 10.1. The molecule has 21 heavy (non-hydrogen) atoms. The highest BCUT2D eigenvalue weighted by molar-refractivity contribution is 7.99. The summed E-state index contributed by atoms with van der Waals surface area (Å²) < 4.78 is 3.14. The molecule has 0 bridgehead atoms. The van der Waals surface area contributed by atoms with E-state index in [1.54, 1.807) is 0 Å². The molecule has 0 aliphatic heterocycles. The lowest BCUT2D eigenvalue weighted by Gasteiger charge is -2.17. The second kappa shape index (κ2) is 6.86. The number of unbranched alkanes of at least 4 members (excludes halogenated alkanes) is 3. The molecule has 0 aromatic rings. The molecule has 2 amide bonds. The Bertz CT molecular complexity index is 421. The monoisotopic (exact) mass is 310 g/mol. The van der Waals surface area contributed by atoms with Gasteiger partial charge in [-0.15, -0.1) is 0 Å². The number of nitrogens with one attached hydrogen (secondary N) is 2. The summed E-state index contributed by atoms with van der Waals surface area (Å²) in [6.07, 6.45) is 12.6. The van der Waals surface area contributed by atoms with Gasteiger partial charge in [-0.3, -0.25) is 14.3 Å². The first-order valence-electron chi connectivity index (χ1n) is 7.93. The van der Waals surface area contributed by atoms with Crippen LogP contribution in [0, 0.1) is 5.92 Å². The molecule has 4 nitrogen and oxygen atoms in total. The van der Waals surface area contributed by atoms with Gasteiger partial charge in [0.05, 0.1) is 0 Å². The number of rotatable bonds is 10. The molecule has 0 aromatic carbocycles. The fraction of sp³-hybridized carbons (Fsp3) is 0.750. The Hall–Kier alpha value is -0.970. The van der Waals surface area contributed by atoms with Crippen LogP contribution in [0.25, 0.3) is 0 Å². The molecular formula is C16H26N2O2S. The maximum absolute atomic E-state index is 12.4. The van der Waals surface area contributed by atoms with Gasteiger partial charge in [-0.2, -0.15) is 0 Å². The van der Waals surface area contributed by atoms with Crippen LogP contribution in [0.5, 0.6) is 0 Å². The third kappa shape index (κ3) is 4.25. The molecule has 0 spiro atoms. The van der Waals surface area contributed by atoms with E-state index in [0.717, 1.165) is 19.3 Å². The molecule has 2 fully saturated rings. The van der Waals surface area contributed by atoms with Crippen molar-refractivity contribution in [3.05, 3.63) is 12.2 Å². The molecule has 2 saturated carbocycles. The molecule has 2 atom stereocenters. The van der Waals surface area contributed by atoms with E-state index in [2.05, 4.69) is 36.0 Å². The van der Waals surface area contributed by atoms with Crippen LogP contribution in [0.2, 0.25) is 0 Å². The quantitative estimate of drug-likeness (QED) is 0.282. The normalized spacial score (nSPS) is 29.1. The topological polar surface area (TPSA) is 58.2 Å². The van der Waals surface area contributed by atoms with E-state index in [0.29, 0.717) is 12.8 Å². The lowest BCUT2D eigenvalue weighted by Crippen LogP contribution is -2.46. The van der Waals surface area contributed by atoms with Gasteiger partial charge in [0.1, 0.15) is 5.54 Å². The molecule has 2 aliphatic rings. The van der Waals surface area contributed by atoms with Crippen LogP contribution in [0.3, 0.4) is 0 Å². The summed E-state index contributed by atoms with van der Waals surface area (Å²) in [5.74, 6) is 0.0767. The second-order valence-corrected chi connectivity index (χ2v) is 7.85. The highest BCUT2D eigenvalue weighted by Gasteiger charge is 2.59. The van der Waals surface area contributed by atoms with Gasteiger partial charge >= 0.3 is 0 Å². The van der Waals surface area contributed by atoms with Crippen molar-refractivity contribution in [2.24, 2.45) is 5.92 Å². The third-order valence-corrected chi connectivity index (χ3v) is 5.61. The number of carbonyl (C=O) groups is 2. The Morgan fingerprint density at radius 2 is 2.14 bits per heavy atom. The SMILES string of the molecule is CCCCC/C=C\[C@@H]1C[C@]1(NC=O)C(=O)NSC1(C)CC1. The molecule has 0 radical (unpaired) electrons. The van der Waals surface area contributed by atoms with E-state index < -0.39 is 5.54 Å². The third-order valence-electron chi connectivity index (χ3n) is 4.42. The van der Waals surface area contributed by atoms with Crippen molar-refractivity contribution in [3.8, 4) is 0 Å². The summed E-state index contributed by atoms with van der Waals surface area (Å²) in [6.45, 7) is 4.34. The Labute approximate surface area is 131 Å². The zero-order valence-corrected chi connectivity index (χ0v) is 13.8. The molecular weight excluding hydrogens is 284 g/mol. The molecule has 0 saturated heterocycles. The van der Waals surface area contributed by atoms with E-state index in [-0.39, 0.29) is 16.6 Å². The van der Waals surface area contributed by atoms with Gasteiger partial charge in [0.25, 0.3) is 5.91 Å². The summed E-state index contributed by atoms with van der Waals surface area (Å²) in [7, 11) is 0. The first-order valence-corrected chi connectivity index (χ1v) is 8.74. The summed E-state index contributed by atoms with van der Waals surface area (Å²) in [5, 5.41) is 2.73. The number of allylic oxidation sites excluding steroid dienone is 1. The minimum absolute atomic E-state index is 0.0593. The van der Waals surface area contributed by atoms with Crippen LogP contribution in [-0.2, 0) is 9.59 Å². The van der Waals surface area contributed by atoms with Gasteiger partial charge in [-0.25, -0.2) is 0 Å². The van der Waals surface area contributed by atoms with Crippen molar-refractivity contribution >= 4 is 24.3 Å². The van der Waals surface area contributed by atoms with E-state index in [1.165, 1.54) is 31.2 Å². The zero-order valence-electron chi connectivity index (χ0n) is 13.0. The van der Waals surface area contributed by atoms with Crippen LogP contribution < -0.4 is 10.0 Å². The molecule has 5 heteroatoms. The molecule has 2 rings (SSSR count). The largest absolute Gasteiger partial charge is 0.344 e. The van der Waals surface area contributed by atoms with Crippen molar-refractivity contribution < 1.29 is 9.59 Å². The predicted octanol–water partition coefficient (Wildman–Crippen LogP) is 2.94. The highest BCUT2D eigenvalue weighted by atomic mass is 32.2. The summed E-state index contributed by atoms with van der Waals surface area (Å²) in [4.78, 5) is 23.2. The Kier molecular flexibility index (Phi) is 5.36. The van der Waals surface area contributed by atoms with Crippen LogP contribution in [0.4, 0.5) is 0 Å². The lowest BCUT2D eigenvalue weighted by molar-refractivity contribution is -0.125. The molecule has 118 valence electrons. The molecule has 0 unspecified atom stereocenters. The van der Waals surface area contributed by atoms with Crippen LogP contribution in [0.1, 0.15) is 58.8 Å². The number of carbonyl (C=O) groups excluding carboxylic acids is 2. The van der Waals surface area contributed by atoms with E-state index >= 15 is 0 Å². The van der Waals surface area contributed by atoms with Gasteiger partial charge in [-0.05, 0) is 51.0 Å². The van der Waals surface area contributed by atoms with Gasteiger partial charge in [0.15, 0.2) is 0 Å². The number of hydrogen-bond acceptors (Lipinski definition) is 3. The first-order chi connectivity index (χ1) is 10.1. The maximum Gasteiger partial charge on any atom is 0.256 e. The molecule has 2 N–H and O–H groups in total. The van der Waals surface area contributed by atoms with E-state index in [9.17, 15) is 9.59 Å². The van der Waals surface area contributed by atoms with Gasteiger partial charge < -0.3 is 5.32 Å². The van der Waals surface area contributed by atoms with E-state index in [1.807, 2.05) is 0 Å². The zero-order chi connectivity index (χ0) is 15.3. The summed E-state index contributed by atoms with van der Waals surface area (Å²) >= 11 is 1.50. The first kappa shape index (κ1) is 16.4. The molecule has 0 heterocycles. The second-order valence-electron chi connectivity index (χ2n) is 6.45. The maximum atomic E-state index is 12.4. The van der Waals surface area contributed by atoms with Gasteiger partial charge in [-0.1, -0.05) is 31.9 Å². The fourth-order valence-corrected chi connectivity index (χ4v) is 3.26. The Morgan fingerprint density at radius 3 is 2.76 bits per heavy atom. The minimum Gasteiger partial charge on any atom is -0.344 e. The van der Waals surface area contributed by atoms with Crippen molar-refractivity contribution in [2.45, 2.75) is 69.1 Å². The molecule has 0 aromatic heterocycles. The van der Waals surface area contributed by atoms with Crippen molar-refractivity contribution in [3.63, 3.8) is 0 Å². The Morgan fingerprint density at radius 1 is 1.38 bits per heavy atom. The fourth-order valence-electron chi connectivity index (χ4n) is 2.43. The van der Waals surface area contributed by atoms with Crippen LogP contribution in [0.15, 0.2) is 12.2 Å². The minimum atomic E-state index is -0.707. The average molecular weight is 310 g/mol. The van der Waals surface area contributed by atoms with Gasteiger partial charge in [0.2, 0.25) is 6.41 Å². The standard InChI is InChI=1S/C16H26N2O2S/c1-3-4-5-6-7-8-13-11-16(13,17-12-19)14(20)18-21-15(2)9-10-15/h7-8,12-13H,3-6,9-11H2,1-2H3,(H,17,19)(H,18,20)/b8-7-/t13-,16-/m1/s1. The number of amides is 2. The number of hydrogen-bond donors (Lipinski definition) is 2. The van der Waals surface area contributed by atoms with Crippen molar-refractivity contribution in [2.75, 3.05) is 0 Å². The van der Waals surface area contributed by atoms with Crippen molar-refractivity contribution in [1.29, 1.82) is 0 Å². The average Bonchev–Trinajstić information content (AvgIpc) is 3.36. The van der Waals surface area contributed by atoms with Crippen LogP contribution in [-0.4, -0.2) is 22.6 Å². The van der Waals surface area contributed by atoms with Gasteiger partial charge in [0, 0.05) is 10.7 Å². The predicted molar refractivity (Wildman–Crippen MR) is 86.7 cm³/mol. The smallest absolute Gasteiger partial charge is 0.256 e. The summed E-state index contributed by atoms with van der Waals surface area (Å²) in [6, 6.07) is 0. The highest BCUT2D eigenvalue weighted by Crippen LogP contribution is 2.49. The molecule has 2 aliphatic carbocycles.